The number of thioether (sulfide) groups is 1. The monoisotopic (exact) mass is 434 g/mol. The van der Waals surface area contributed by atoms with Gasteiger partial charge in [0.15, 0.2) is 11.0 Å². The summed E-state index contributed by atoms with van der Waals surface area (Å²) in [7, 11) is 0. The molecule has 1 amide bonds. The predicted octanol–water partition coefficient (Wildman–Crippen LogP) is 5.50. The van der Waals surface area contributed by atoms with Crippen LogP contribution >= 0.6 is 11.8 Å². The van der Waals surface area contributed by atoms with E-state index < -0.39 is 0 Å². The van der Waals surface area contributed by atoms with E-state index in [9.17, 15) is 4.79 Å². The van der Waals surface area contributed by atoms with Gasteiger partial charge < -0.3 is 9.88 Å². The summed E-state index contributed by atoms with van der Waals surface area (Å²) in [6.07, 6.45) is 1.84. The SMILES string of the molecule is C=CCn1c(SCc2ccc(C)cc2)nnc1[C@H](NC(=O)c1cccc(C)c1)C(C)C. The van der Waals surface area contributed by atoms with Crippen LogP contribution in [0.15, 0.2) is 66.3 Å². The van der Waals surface area contributed by atoms with Crippen molar-refractivity contribution in [2.24, 2.45) is 5.92 Å². The van der Waals surface area contributed by atoms with E-state index in [0.717, 1.165) is 22.3 Å². The predicted molar refractivity (Wildman–Crippen MR) is 127 cm³/mol. The number of hydrogen-bond acceptors (Lipinski definition) is 4. The molecule has 5 nitrogen and oxygen atoms in total. The highest BCUT2D eigenvalue weighted by Gasteiger charge is 2.26. The molecule has 0 saturated heterocycles. The van der Waals surface area contributed by atoms with Crippen LogP contribution in [0, 0.1) is 19.8 Å². The second-order valence-electron chi connectivity index (χ2n) is 8.08. The minimum absolute atomic E-state index is 0.107. The lowest BCUT2D eigenvalue weighted by molar-refractivity contribution is 0.0922. The van der Waals surface area contributed by atoms with Gasteiger partial charge in [-0.25, -0.2) is 0 Å². The Balaban J connectivity index is 1.83. The zero-order valence-corrected chi connectivity index (χ0v) is 19.4. The summed E-state index contributed by atoms with van der Waals surface area (Å²) in [4.78, 5) is 12.9. The van der Waals surface area contributed by atoms with Crippen LogP contribution in [0.5, 0.6) is 0 Å². The van der Waals surface area contributed by atoms with Crippen LogP contribution in [0.4, 0.5) is 0 Å². The third kappa shape index (κ3) is 5.85. The average molecular weight is 435 g/mol. The fraction of sp³-hybridized carbons (Fsp3) is 0.320. The zero-order valence-electron chi connectivity index (χ0n) is 18.6. The largest absolute Gasteiger partial charge is 0.342 e. The molecule has 3 rings (SSSR count). The Morgan fingerprint density at radius 1 is 1.13 bits per heavy atom. The molecule has 0 unspecified atom stereocenters. The van der Waals surface area contributed by atoms with Gasteiger partial charge in [0, 0.05) is 17.9 Å². The number of carbonyl (C=O) groups excluding carboxylic acids is 1. The van der Waals surface area contributed by atoms with Crippen molar-refractivity contribution < 1.29 is 4.79 Å². The molecule has 31 heavy (non-hydrogen) atoms. The van der Waals surface area contributed by atoms with Gasteiger partial charge >= 0.3 is 0 Å². The number of rotatable bonds is 9. The smallest absolute Gasteiger partial charge is 0.251 e. The van der Waals surface area contributed by atoms with Gasteiger partial charge in [0.25, 0.3) is 5.91 Å². The molecule has 0 bridgehead atoms. The molecule has 0 spiro atoms. The number of carbonyl (C=O) groups is 1. The quantitative estimate of drug-likeness (QED) is 0.357. The summed E-state index contributed by atoms with van der Waals surface area (Å²) in [5.74, 6) is 1.60. The van der Waals surface area contributed by atoms with Crippen molar-refractivity contribution in [3.63, 3.8) is 0 Å². The standard InChI is InChI=1S/C25H30N4OS/c1-6-14-29-23(27-28-25(29)31-16-20-12-10-18(4)11-13-20)22(17(2)3)26-24(30)21-9-7-8-19(5)15-21/h6-13,15,17,22H,1,14,16H2,2-5H3,(H,26,30)/t22-/m1/s1. The maximum atomic E-state index is 12.9. The van der Waals surface area contributed by atoms with E-state index in [4.69, 9.17) is 0 Å². The average Bonchev–Trinajstić information content (AvgIpc) is 3.13. The van der Waals surface area contributed by atoms with Gasteiger partial charge in [0.05, 0.1) is 6.04 Å². The van der Waals surface area contributed by atoms with Crippen molar-refractivity contribution >= 4 is 17.7 Å². The molecule has 1 aromatic heterocycles. The molecule has 0 fully saturated rings. The maximum Gasteiger partial charge on any atom is 0.251 e. The van der Waals surface area contributed by atoms with Crippen LogP contribution in [0.3, 0.4) is 0 Å². The first-order valence-corrected chi connectivity index (χ1v) is 11.5. The molecule has 0 aliphatic rings. The molecule has 3 aromatic rings. The first-order valence-electron chi connectivity index (χ1n) is 10.5. The zero-order chi connectivity index (χ0) is 22.4. The number of benzene rings is 2. The molecule has 0 saturated carbocycles. The molecule has 2 aromatic carbocycles. The van der Waals surface area contributed by atoms with E-state index in [1.165, 1.54) is 11.1 Å². The molecule has 1 atom stereocenters. The summed E-state index contributed by atoms with van der Waals surface area (Å²) < 4.78 is 2.05. The Bertz CT molecular complexity index is 1040. The number of nitrogens with zero attached hydrogens (tertiary/aromatic N) is 3. The van der Waals surface area contributed by atoms with Gasteiger partial charge in [0.1, 0.15) is 0 Å². The Kier molecular flexibility index (Phi) is 7.69. The van der Waals surface area contributed by atoms with Gasteiger partial charge in [-0.15, -0.1) is 16.8 Å². The Labute approximate surface area is 189 Å². The van der Waals surface area contributed by atoms with Crippen molar-refractivity contribution in [2.75, 3.05) is 0 Å². The third-order valence-corrected chi connectivity index (χ3v) is 6.10. The molecule has 0 radical (unpaired) electrons. The molecule has 1 heterocycles. The highest BCUT2D eigenvalue weighted by atomic mass is 32.2. The van der Waals surface area contributed by atoms with E-state index in [-0.39, 0.29) is 17.9 Å². The van der Waals surface area contributed by atoms with Crippen molar-refractivity contribution in [1.29, 1.82) is 0 Å². The summed E-state index contributed by atoms with van der Waals surface area (Å²) in [6, 6.07) is 15.9. The summed E-state index contributed by atoms with van der Waals surface area (Å²) in [5.41, 5.74) is 4.18. The van der Waals surface area contributed by atoms with Gasteiger partial charge in [-0.05, 0) is 37.5 Å². The highest BCUT2D eigenvalue weighted by Crippen LogP contribution is 2.27. The molecular weight excluding hydrogens is 404 g/mol. The topological polar surface area (TPSA) is 59.8 Å². The van der Waals surface area contributed by atoms with Crippen LogP contribution in [0.25, 0.3) is 0 Å². The molecule has 6 heteroatoms. The lowest BCUT2D eigenvalue weighted by Crippen LogP contribution is -2.33. The normalized spacial score (nSPS) is 12.0. The van der Waals surface area contributed by atoms with Crippen LogP contribution < -0.4 is 5.32 Å². The number of aryl methyl sites for hydroxylation is 2. The summed E-state index contributed by atoms with van der Waals surface area (Å²) >= 11 is 1.64. The lowest BCUT2D eigenvalue weighted by Gasteiger charge is -2.22. The minimum atomic E-state index is -0.255. The van der Waals surface area contributed by atoms with Crippen LogP contribution in [-0.4, -0.2) is 20.7 Å². The van der Waals surface area contributed by atoms with Gasteiger partial charge in [-0.3, -0.25) is 4.79 Å². The van der Waals surface area contributed by atoms with Crippen LogP contribution in [0.2, 0.25) is 0 Å². The number of amides is 1. The second kappa shape index (κ2) is 10.4. The Hall–Kier alpha value is -2.86. The van der Waals surface area contributed by atoms with Gasteiger partial charge in [-0.1, -0.05) is 79.2 Å². The lowest BCUT2D eigenvalue weighted by atomic mass is 10.0. The molecular formula is C25H30N4OS. The van der Waals surface area contributed by atoms with Crippen LogP contribution in [0.1, 0.15) is 52.8 Å². The number of aromatic nitrogens is 3. The first-order chi connectivity index (χ1) is 14.9. The number of nitrogens with one attached hydrogen (secondary N) is 1. The summed E-state index contributed by atoms with van der Waals surface area (Å²) in [5, 5.41) is 12.9. The fourth-order valence-electron chi connectivity index (χ4n) is 3.31. The molecule has 1 N–H and O–H groups in total. The Morgan fingerprint density at radius 2 is 1.87 bits per heavy atom. The number of allylic oxidation sites excluding steroid dienone is 1. The highest BCUT2D eigenvalue weighted by molar-refractivity contribution is 7.98. The maximum absolute atomic E-state index is 12.9. The van der Waals surface area contributed by atoms with Gasteiger partial charge in [-0.2, -0.15) is 0 Å². The number of hydrogen-bond donors (Lipinski definition) is 1. The van der Waals surface area contributed by atoms with E-state index in [1.54, 1.807) is 11.8 Å². The van der Waals surface area contributed by atoms with E-state index in [1.807, 2.05) is 41.8 Å². The van der Waals surface area contributed by atoms with Crippen molar-refractivity contribution in [3.05, 3.63) is 89.3 Å². The summed E-state index contributed by atoms with van der Waals surface area (Å²) in [6.45, 7) is 12.7. The van der Waals surface area contributed by atoms with E-state index in [2.05, 4.69) is 67.1 Å². The van der Waals surface area contributed by atoms with Crippen molar-refractivity contribution in [2.45, 2.75) is 51.2 Å². The Morgan fingerprint density at radius 3 is 2.52 bits per heavy atom. The van der Waals surface area contributed by atoms with Crippen LogP contribution in [-0.2, 0) is 12.3 Å². The molecule has 0 aliphatic heterocycles. The van der Waals surface area contributed by atoms with Crippen molar-refractivity contribution in [3.8, 4) is 0 Å². The van der Waals surface area contributed by atoms with E-state index in [0.29, 0.717) is 12.1 Å². The minimum Gasteiger partial charge on any atom is -0.342 e. The third-order valence-electron chi connectivity index (χ3n) is 5.06. The first kappa shape index (κ1) is 22.8. The van der Waals surface area contributed by atoms with Crippen molar-refractivity contribution in [1.82, 2.24) is 20.1 Å². The second-order valence-corrected chi connectivity index (χ2v) is 9.02. The molecule has 162 valence electrons. The van der Waals surface area contributed by atoms with Gasteiger partial charge in [0.2, 0.25) is 0 Å². The van der Waals surface area contributed by atoms with E-state index >= 15 is 0 Å². The fourth-order valence-corrected chi connectivity index (χ4v) is 4.22. The molecule has 0 aliphatic carbocycles.